The van der Waals surface area contributed by atoms with Crippen LogP contribution in [0.15, 0.2) is 58.5 Å². The minimum atomic E-state index is 0.834. The van der Waals surface area contributed by atoms with Gasteiger partial charge in [0.1, 0.15) is 0 Å². The van der Waals surface area contributed by atoms with Crippen LogP contribution in [0.1, 0.15) is 84.1 Å². The van der Waals surface area contributed by atoms with Crippen molar-refractivity contribution in [1.82, 2.24) is 0 Å². The largest absolute Gasteiger partial charge is 0.502 e. The van der Waals surface area contributed by atoms with E-state index in [9.17, 15) is 0 Å². The third-order valence-corrected chi connectivity index (χ3v) is 4.36. The molecule has 0 saturated heterocycles. The SMILES string of the molecule is C/C=C\C(C)=C=CC=NCC.CC.CC/C=C(/C)OC.CCc1c(C)ccc(C)c1C.CO. The van der Waals surface area contributed by atoms with Gasteiger partial charge >= 0.3 is 0 Å². The predicted molar refractivity (Wildman–Crippen MR) is 152 cm³/mol. The molecule has 1 rings (SSSR count). The molecule has 1 aromatic rings. The molecule has 0 unspecified atom stereocenters. The number of methoxy groups -OCH3 is 1. The highest BCUT2D eigenvalue weighted by molar-refractivity contribution is 5.70. The van der Waals surface area contributed by atoms with Gasteiger partial charge < -0.3 is 9.84 Å². The Balaban J connectivity index is -0.000000181. The van der Waals surface area contributed by atoms with Gasteiger partial charge in [0.2, 0.25) is 0 Å². The number of allylic oxidation sites excluding steroid dienone is 5. The van der Waals surface area contributed by atoms with E-state index in [-0.39, 0.29) is 0 Å². The molecule has 0 aliphatic rings. The highest BCUT2D eigenvalue weighted by atomic mass is 16.5. The summed E-state index contributed by atoms with van der Waals surface area (Å²) in [5.41, 5.74) is 10.0. The summed E-state index contributed by atoms with van der Waals surface area (Å²) < 4.78 is 4.85. The van der Waals surface area contributed by atoms with E-state index in [0.717, 1.165) is 37.8 Å². The topological polar surface area (TPSA) is 41.8 Å². The first kappa shape index (κ1) is 37.9. The molecule has 0 aliphatic heterocycles. The van der Waals surface area contributed by atoms with E-state index >= 15 is 0 Å². The Kier molecular flexibility index (Phi) is 34.1. The monoisotopic (exact) mass is 459 g/mol. The number of hydrogen-bond acceptors (Lipinski definition) is 3. The number of aliphatic imine (C=N–C) groups is 1. The maximum Gasteiger partial charge on any atom is 0.0884 e. The lowest BCUT2D eigenvalue weighted by atomic mass is 9.97. The predicted octanol–water partition coefficient (Wildman–Crippen LogP) is 8.51. The molecular formula is C30H53NO2. The molecule has 0 radical (unpaired) electrons. The molecule has 0 fully saturated rings. The lowest BCUT2D eigenvalue weighted by Crippen LogP contribution is -1.93. The van der Waals surface area contributed by atoms with Gasteiger partial charge in [-0.15, -0.1) is 5.73 Å². The number of benzene rings is 1. The highest BCUT2D eigenvalue weighted by Crippen LogP contribution is 2.17. The summed E-state index contributed by atoms with van der Waals surface area (Å²) in [5.74, 6) is 1.00. The molecule has 1 aromatic carbocycles. The fraction of sp³-hybridized carbons (Fsp3) is 0.533. The number of nitrogens with zero attached hydrogens (tertiary/aromatic N) is 1. The summed E-state index contributed by atoms with van der Waals surface area (Å²) >= 11 is 0. The van der Waals surface area contributed by atoms with Crippen LogP contribution in [-0.2, 0) is 11.2 Å². The highest BCUT2D eigenvalue weighted by Gasteiger charge is 2.01. The van der Waals surface area contributed by atoms with Crippen LogP contribution in [0.3, 0.4) is 0 Å². The van der Waals surface area contributed by atoms with Crippen molar-refractivity contribution in [3.05, 3.63) is 75.8 Å². The van der Waals surface area contributed by atoms with Crippen LogP contribution in [0.4, 0.5) is 0 Å². The second-order valence-corrected chi connectivity index (χ2v) is 6.73. The zero-order chi connectivity index (χ0) is 26.7. The smallest absolute Gasteiger partial charge is 0.0884 e. The van der Waals surface area contributed by atoms with E-state index < -0.39 is 0 Å². The van der Waals surface area contributed by atoms with E-state index in [1.807, 2.05) is 65.8 Å². The summed E-state index contributed by atoms with van der Waals surface area (Å²) in [7, 11) is 2.68. The molecule has 3 heteroatoms. The summed E-state index contributed by atoms with van der Waals surface area (Å²) in [6.45, 7) is 23.7. The van der Waals surface area contributed by atoms with Gasteiger partial charge in [-0.3, -0.25) is 4.99 Å². The number of aliphatic hydroxyl groups is 1. The Morgan fingerprint density at radius 3 is 1.94 bits per heavy atom. The first-order chi connectivity index (χ1) is 15.8. The average Bonchev–Trinajstić information content (AvgIpc) is 2.83. The summed E-state index contributed by atoms with van der Waals surface area (Å²) in [6.07, 6.45) is 11.9. The van der Waals surface area contributed by atoms with Crippen molar-refractivity contribution in [3.63, 3.8) is 0 Å². The maximum absolute atomic E-state index is 7.00. The van der Waals surface area contributed by atoms with E-state index in [1.54, 1.807) is 13.3 Å². The minimum absolute atomic E-state index is 0.834. The molecule has 0 heterocycles. The molecule has 0 aromatic heterocycles. The van der Waals surface area contributed by atoms with Crippen molar-refractivity contribution < 1.29 is 9.84 Å². The van der Waals surface area contributed by atoms with Gasteiger partial charge in [-0.25, -0.2) is 0 Å². The normalized spacial score (nSPS) is 9.70. The molecule has 0 atom stereocenters. The molecule has 0 amide bonds. The van der Waals surface area contributed by atoms with Crippen LogP contribution < -0.4 is 0 Å². The second-order valence-electron chi connectivity index (χ2n) is 6.73. The fourth-order valence-electron chi connectivity index (χ4n) is 2.55. The number of ether oxygens (including phenoxy) is 1. The van der Waals surface area contributed by atoms with Crippen LogP contribution in [0.25, 0.3) is 0 Å². The van der Waals surface area contributed by atoms with E-state index in [4.69, 9.17) is 9.84 Å². The lowest BCUT2D eigenvalue weighted by Gasteiger charge is -2.09. The zero-order valence-electron chi connectivity index (χ0n) is 24.0. The van der Waals surface area contributed by atoms with Crippen molar-refractivity contribution in [2.75, 3.05) is 20.8 Å². The number of aliphatic hydroxyl groups excluding tert-OH is 1. The van der Waals surface area contributed by atoms with Crippen LogP contribution in [-0.4, -0.2) is 32.1 Å². The molecule has 1 N–H and O–H groups in total. The first-order valence-corrected chi connectivity index (χ1v) is 12.0. The Morgan fingerprint density at radius 1 is 1.03 bits per heavy atom. The van der Waals surface area contributed by atoms with Gasteiger partial charge in [-0.1, -0.05) is 52.0 Å². The van der Waals surface area contributed by atoms with Crippen molar-refractivity contribution in [1.29, 1.82) is 0 Å². The van der Waals surface area contributed by atoms with E-state index in [1.165, 1.54) is 22.3 Å². The molecule has 190 valence electrons. The lowest BCUT2D eigenvalue weighted by molar-refractivity contribution is 0.292. The Morgan fingerprint density at radius 2 is 1.58 bits per heavy atom. The van der Waals surface area contributed by atoms with Gasteiger partial charge in [-0.05, 0) is 101 Å². The first-order valence-electron chi connectivity index (χ1n) is 12.0. The zero-order valence-corrected chi connectivity index (χ0v) is 24.0. The molecule has 33 heavy (non-hydrogen) atoms. The van der Waals surface area contributed by atoms with E-state index in [0.29, 0.717) is 0 Å². The quantitative estimate of drug-likeness (QED) is 0.200. The summed E-state index contributed by atoms with van der Waals surface area (Å²) in [5, 5.41) is 7.00. The van der Waals surface area contributed by atoms with Crippen molar-refractivity contribution in [2.24, 2.45) is 4.99 Å². The van der Waals surface area contributed by atoms with Crippen LogP contribution in [0, 0.1) is 20.8 Å². The number of aryl methyl sites for hydroxylation is 2. The Bertz CT molecular complexity index is 719. The van der Waals surface area contributed by atoms with Crippen molar-refractivity contribution in [2.45, 2.75) is 89.0 Å². The summed E-state index contributed by atoms with van der Waals surface area (Å²) in [6, 6.07) is 4.41. The van der Waals surface area contributed by atoms with Crippen LogP contribution in [0.2, 0.25) is 0 Å². The Hall–Kier alpha value is -2.35. The second kappa shape index (κ2) is 29.7. The average molecular weight is 460 g/mol. The fourth-order valence-corrected chi connectivity index (χ4v) is 2.55. The Labute approximate surface area is 206 Å². The van der Waals surface area contributed by atoms with Gasteiger partial charge in [0.05, 0.1) is 12.9 Å². The van der Waals surface area contributed by atoms with Crippen LogP contribution in [0.5, 0.6) is 0 Å². The van der Waals surface area contributed by atoms with Gasteiger partial charge in [0.15, 0.2) is 0 Å². The molecule has 0 saturated carbocycles. The molecular weight excluding hydrogens is 406 g/mol. The van der Waals surface area contributed by atoms with Crippen molar-refractivity contribution >= 4 is 6.21 Å². The number of rotatable bonds is 6. The molecule has 0 spiro atoms. The van der Waals surface area contributed by atoms with Crippen LogP contribution >= 0.6 is 0 Å². The third-order valence-electron chi connectivity index (χ3n) is 4.36. The minimum Gasteiger partial charge on any atom is -0.502 e. The van der Waals surface area contributed by atoms with E-state index in [2.05, 4.69) is 57.5 Å². The maximum atomic E-state index is 7.00. The number of hydrogen-bond donors (Lipinski definition) is 1. The molecule has 3 nitrogen and oxygen atoms in total. The van der Waals surface area contributed by atoms with Crippen molar-refractivity contribution in [3.8, 4) is 0 Å². The molecule has 0 bridgehead atoms. The third kappa shape index (κ3) is 24.1. The van der Waals surface area contributed by atoms with Gasteiger partial charge in [-0.2, -0.15) is 0 Å². The standard InChI is InChI=1S/C11H16.C10H15N.C6H12O.C2H6.CH4O/c1-5-11-9(3)7-6-8(2)10(11)4;1-4-7-10(3)8-6-9-11-5-2;1-4-5-6(2)7-3;2*1-2/h6-7H,5H2,1-4H3;4,6-7,9H,5H2,1-3H3;5H,4H2,1-3H3;1-2H3;2H,1H3/b;7-4-,11-9?;6-5-;;. The molecule has 0 aliphatic carbocycles. The van der Waals surface area contributed by atoms with Gasteiger partial charge in [0, 0.05) is 19.9 Å². The summed E-state index contributed by atoms with van der Waals surface area (Å²) in [4.78, 5) is 4.02. The van der Waals surface area contributed by atoms with Gasteiger partial charge in [0.25, 0.3) is 0 Å².